The molecule has 0 bridgehead atoms. The molecule has 0 N–H and O–H groups in total. The Morgan fingerprint density at radius 1 is 1.26 bits per heavy atom. The number of benzene rings is 1. The fraction of sp³-hybridized carbons (Fsp3) is 0.214. The van der Waals surface area contributed by atoms with Crippen molar-refractivity contribution < 1.29 is 13.6 Å². The normalized spacial score (nSPS) is 10.5. The van der Waals surface area contributed by atoms with Crippen molar-refractivity contribution in [3.63, 3.8) is 0 Å². The fourth-order valence-corrected chi connectivity index (χ4v) is 2.69. The molecule has 0 saturated heterocycles. The van der Waals surface area contributed by atoms with Gasteiger partial charge in [-0.25, -0.2) is 8.78 Å². The van der Waals surface area contributed by atoms with Crippen LogP contribution in [0.2, 0.25) is 0 Å². The van der Waals surface area contributed by atoms with Gasteiger partial charge >= 0.3 is 0 Å². The van der Waals surface area contributed by atoms with Crippen molar-refractivity contribution in [3.05, 3.63) is 57.3 Å². The molecule has 0 aliphatic rings. The summed E-state index contributed by atoms with van der Waals surface area (Å²) in [7, 11) is 1.57. The zero-order valence-corrected chi connectivity index (χ0v) is 11.4. The van der Waals surface area contributed by atoms with Gasteiger partial charge in [-0.3, -0.25) is 4.79 Å². The number of rotatable bonds is 3. The zero-order chi connectivity index (χ0) is 14.0. The highest BCUT2D eigenvalue weighted by Crippen LogP contribution is 2.19. The Kier molecular flexibility index (Phi) is 3.95. The van der Waals surface area contributed by atoms with E-state index in [1.807, 2.05) is 19.1 Å². The summed E-state index contributed by atoms with van der Waals surface area (Å²) in [5.41, 5.74) is -0.240. The molecule has 2 aromatic rings. The lowest BCUT2D eigenvalue weighted by atomic mass is 10.2. The minimum atomic E-state index is -1.10. The van der Waals surface area contributed by atoms with Gasteiger partial charge in [0.15, 0.2) is 11.6 Å². The summed E-state index contributed by atoms with van der Waals surface area (Å²) >= 11 is 1.57. The van der Waals surface area contributed by atoms with Gasteiger partial charge in [-0.15, -0.1) is 11.3 Å². The first-order valence-corrected chi connectivity index (χ1v) is 6.55. The van der Waals surface area contributed by atoms with Crippen LogP contribution in [0.15, 0.2) is 30.3 Å². The van der Waals surface area contributed by atoms with Crippen LogP contribution in [0.25, 0.3) is 0 Å². The van der Waals surface area contributed by atoms with Gasteiger partial charge < -0.3 is 4.90 Å². The van der Waals surface area contributed by atoms with E-state index in [0.29, 0.717) is 6.54 Å². The molecule has 0 unspecified atom stereocenters. The second kappa shape index (κ2) is 5.48. The highest BCUT2D eigenvalue weighted by Gasteiger charge is 2.19. The summed E-state index contributed by atoms with van der Waals surface area (Å²) in [6, 6.07) is 7.49. The van der Waals surface area contributed by atoms with Gasteiger partial charge in [-0.05, 0) is 31.2 Å². The van der Waals surface area contributed by atoms with Crippen molar-refractivity contribution >= 4 is 17.2 Å². The van der Waals surface area contributed by atoms with Gasteiger partial charge in [0.25, 0.3) is 5.91 Å². The molecule has 1 aromatic carbocycles. The average Bonchev–Trinajstić information content (AvgIpc) is 2.77. The molecule has 0 fully saturated rings. The lowest BCUT2D eigenvalue weighted by molar-refractivity contribution is 0.0780. The van der Waals surface area contributed by atoms with Gasteiger partial charge in [-0.1, -0.05) is 6.07 Å². The Morgan fingerprint density at radius 2 is 2.00 bits per heavy atom. The summed E-state index contributed by atoms with van der Waals surface area (Å²) in [6.07, 6.45) is 0. The summed E-state index contributed by atoms with van der Waals surface area (Å²) < 4.78 is 26.6. The van der Waals surface area contributed by atoms with Crippen molar-refractivity contribution in [2.75, 3.05) is 7.05 Å². The van der Waals surface area contributed by atoms with Crippen LogP contribution in [0.5, 0.6) is 0 Å². The molecule has 0 spiro atoms. The molecule has 19 heavy (non-hydrogen) atoms. The van der Waals surface area contributed by atoms with E-state index >= 15 is 0 Å². The fourth-order valence-electron chi connectivity index (χ4n) is 1.75. The van der Waals surface area contributed by atoms with Gasteiger partial charge in [0.2, 0.25) is 0 Å². The number of nitrogens with zero attached hydrogens (tertiary/aromatic N) is 1. The second-order valence-electron chi connectivity index (χ2n) is 4.27. The number of hydrogen-bond donors (Lipinski definition) is 0. The van der Waals surface area contributed by atoms with E-state index in [2.05, 4.69) is 0 Å². The van der Waals surface area contributed by atoms with Crippen LogP contribution in [0.3, 0.4) is 0 Å². The van der Waals surface area contributed by atoms with Crippen LogP contribution < -0.4 is 0 Å². The Labute approximate surface area is 114 Å². The molecular weight excluding hydrogens is 268 g/mol. The van der Waals surface area contributed by atoms with Crippen LogP contribution >= 0.6 is 11.3 Å². The molecule has 1 aromatic heterocycles. The standard InChI is InChI=1S/C14H13F2NOS/c1-9-6-7-10(19-9)8-17(2)14(18)11-4-3-5-12(15)13(11)16/h3-7H,8H2,1-2H3. The van der Waals surface area contributed by atoms with Crippen molar-refractivity contribution in [3.8, 4) is 0 Å². The number of thiophene rings is 1. The van der Waals surface area contributed by atoms with Crippen LogP contribution in [-0.2, 0) is 6.54 Å². The van der Waals surface area contributed by atoms with Gasteiger partial charge in [0.05, 0.1) is 12.1 Å². The van der Waals surface area contributed by atoms with Gasteiger partial charge in [0, 0.05) is 16.8 Å². The van der Waals surface area contributed by atoms with E-state index < -0.39 is 17.5 Å². The summed E-state index contributed by atoms with van der Waals surface area (Å²) in [5.74, 6) is -2.63. The van der Waals surface area contributed by atoms with Crippen LogP contribution in [0.1, 0.15) is 20.1 Å². The van der Waals surface area contributed by atoms with E-state index in [9.17, 15) is 13.6 Å². The maximum Gasteiger partial charge on any atom is 0.257 e. The highest BCUT2D eigenvalue weighted by molar-refractivity contribution is 7.11. The molecule has 0 saturated carbocycles. The van der Waals surface area contributed by atoms with Crippen LogP contribution in [0.4, 0.5) is 8.78 Å². The molecule has 2 rings (SSSR count). The number of halogens is 2. The van der Waals surface area contributed by atoms with Crippen LogP contribution in [-0.4, -0.2) is 17.9 Å². The van der Waals surface area contributed by atoms with E-state index in [-0.39, 0.29) is 5.56 Å². The second-order valence-corrected chi connectivity index (χ2v) is 5.65. The number of aryl methyl sites for hydroxylation is 1. The maximum atomic E-state index is 13.5. The quantitative estimate of drug-likeness (QED) is 0.841. The largest absolute Gasteiger partial charge is 0.336 e. The first-order chi connectivity index (χ1) is 8.99. The van der Waals surface area contributed by atoms with Crippen molar-refractivity contribution in [2.24, 2.45) is 0 Å². The topological polar surface area (TPSA) is 20.3 Å². The predicted octanol–water partition coefficient (Wildman–Crippen LogP) is 3.61. The summed E-state index contributed by atoms with van der Waals surface area (Å²) in [6.45, 7) is 2.36. The zero-order valence-electron chi connectivity index (χ0n) is 10.6. The third-order valence-corrected chi connectivity index (χ3v) is 3.70. The van der Waals surface area contributed by atoms with Crippen molar-refractivity contribution in [1.29, 1.82) is 0 Å². The first kappa shape index (κ1) is 13.7. The Morgan fingerprint density at radius 3 is 2.63 bits per heavy atom. The number of carbonyl (C=O) groups is 1. The minimum Gasteiger partial charge on any atom is -0.336 e. The third-order valence-electron chi connectivity index (χ3n) is 2.72. The molecule has 5 heteroatoms. The highest BCUT2D eigenvalue weighted by atomic mass is 32.1. The van der Waals surface area contributed by atoms with E-state index in [1.165, 1.54) is 17.0 Å². The number of amides is 1. The molecule has 2 nitrogen and oxygen atoms in total. The molecule has 100 valence electrons. The third kappa shape index (κ3) is 2.98. The molecule has 1 amide bonds. The maximum absolute atomic E-state index is 13.5. The molecule has 0 radical (unpaired) electrons. The van der Waals surface area contributed by atoms with E-state index in [4.69, 9.17) is 0 Å². The molecular formula is C14H13F2NOS. The molecule has 0 atom stereocenters. The monoisotopic (exact) mass is 281 g/mol. The Hall–Kier alpha value is -1.75. The van der Waals surface area contributed by atoms with Crippen LogP contribution in [0, 0.1) is 18.6 Å². The SMILES string of the molecule is Cc1ccc(CN(C)C(=O)c2cccc(F)c2F)s1. The summed E-state index contributed by atoms with van der Waals surface area (Å²) in [4.78, 5) is 15.6. The first-order valence-electron chi connectivity index (χ1n) is 5.74. The molecule has 1 heterocycles. The molecule has 0 aliphatic heterocycles. The minimum absolute atomic E-state index is 0.240. The van der Waals surface area contributed by atoms with Gasteiger partial charge in [0.1, 0.15) is 0 Å². The lowest BCUT2D eigenvalue weighted by Gasteiger charge is -2.16. The number of hydrogen-bond acceptors (Lipinski definition) is 2. The number of carbonyl (C=O) groups excluding carboxylic acids is 1. The lowest BCUT2D eigenvalue weighted by Crippen LogP contribution is -2.26. The average molecular weight is 281 g/mol. The van der Waals surface area contributed by atoms with Crippen molar-refractivity contribution in [2.45, 2.75) is 13.5 Å². The van der Waals surface area contributed by atoms with Crippen molar-refractivity contribution in [1.82, 2.24) is 4.90 Å². The van der Waals surface area contributed by atoms with E-state index in [1.54, 1.807) is 18.4 Å². The van der Waals surface area contributed by atoms with Gasteiger partial charge in [-0.2, -0.15) is 0 Å². The van der Waals surface area contributed by atoms with E-state index in [0.717, 1.165) is 15.8 Å². The Balaban J connectivity index is 2.17. The summed E-state index contributed by atoms with van der Waals surface area (Å²) in [5, 5.41) is 0. The smallest absolute Gasteiger partial charge is 0.257 e. The predicted molar refractivity (Wildman–Crippen MR) is 71.2 cm³/mol. The molecule has 0 aliphatic carbocycles. The Bertz CT molecular complexity index is 609.